The van der Waals surface area contributed by atoms with Gasteiger partial charge in [0.25, 0.3) is 0 Å². The van der Waals surface area contributed by atoms with Gasteiger partial charge in [0.1, 0.15) is 6.33 Å². The van der Waals surface area contributed by atoms with Crippen LogP contribution in [0, 0.1) is 0 Å². The number of nitrogen functional groups attached to an aromatic ring is 1. The summed E-state index contributed by atoms with van der Waals surface area (Å²) in [6.45, 7) is 0. The fourth-order valence-electron chi connectivity index (χ4n) is 0.911. The van der Waals surface area contributed by atoms with Crippen molar-refractivity contribution in [2.45, 2.75) is 4.90 Å². The number of primary sulfonamides is 1. The first-order valence-electron chi connectivity index (χ1n) is 4.58. The second kappa shape index (κ2) is 8.17. The minimum atomic E-state index is -3.58. The van der Waals surface area contributed by atoms with E-state index in [1.165, 1.54) is 30.6 Å². The van der Waals surface area contributed by atoms with Gasteiger partial charge in [-0.3, -0.25) is 0 Å². The van der Waals surface area contributed by atoms with Gasteiger partial charge in [-0.15, -0.1) is 0 Å². The molecular formula is C10H12N4NaO2S. The molecule has 0 fully saturated rings. The molecule has 0 amide bonds. The van der Waals surface area contributed by atoms with Crippen LogP contribution in [-0.2, 0) is 10.0 Å². The summed E-state index contributed by atoms with van der Waals surface area (Å²) in [6.07, 6.45) is 4.88. The van der Waals surface area contributed by atoms with E-state index < -0.39 is 10.0 Å². The Balaban J connectivity index is 0.000000352. The Morgan fingerprint density at radius 3 is 1.78 bits per heavy atom. The van der Waals surface area contributed by atoms with Crippen molar-refractivity contribution in [3.63, 3.8) is 0 Å². The maximum Gasteiger partial charge on any atom is 0.238 e. The molecule has 0 aliphatic heterocycles. The van der Waals surface area contributed by atoms with Gasteiger partial charge in [-0.1, -0.05) is 0 Å². The molecule has 4 N–H and O–H groups in total. The van der Waals surface area contributed by atoms with E-state index >= 15 is 0 Å². The molecule has 1 radical (unpaired) electrons. The van der Waals surface area contributed by atoms with Crippen LogP contribution in [0.5, 0.6) is 0 Å². The van der Waals surface area contributed by atoms with Gasteiger partial charge in [-0.2, -0.15) is 0 Å². The zero-order valence-electron chi connectivity index (χ0n) is 9.89. The van der Waals surface area contributed by atoms with Gasteiger partial charge in [0.05, 0.1) is 4.90 Å². The van der Waals surface area contributed by atoms with Crippen LogP contribution in [0.4, 0.5) is 5.69 Å². The topological polar surface area (TPSA) is 112 Å². The van der Waals surface area contributed by atoms with Crippen LogP contribution in [0.25, 0.3) is 0 Å². The van der Waals surface area contributed by atoms with Gasteiger partial charge in [-0.25, -0.2) is 23.5 Å². The number of benzene rings is 1. The van der Waals surface area contributed by atoms with E-state index in [0.29, 0.717) is 5.69 Å². The van der Waals surface area contributed by atoms with Crippen LogP contribution in [0.2, 0.25) is 0 Å². The zero-order valence-corrected chi connectivity index (χ0v) is 12.7. The summed E-state index contributed by atoms with van der Waals surface area (Å²) in [6, 6.07) is 7.48. The number of anilines is 1. The van der Waals surface area contributed by atoms with Gasteiger partial charge in [-0.05, 0) is 30.3 Å². The van der Waals surface area contributed by atoms with Crippen molar-refractivity contribution in [2.75, 3.05) is 5.73 Å². The Hall–Kier alpha value is -0.990. The molecule has 1 aromatic carbocycles. The molecule has 6 nitrogen and oxygen atoms in total. The number of aromatic nitrogens is 2. The van der Waals surface area contributed by atoms with Gasteiger partial charge >= 0.3 is 0 Å². The van der Waals surface area contributed by atoms with E-state index in [0.717, 1.165) is 0 Å². The van der Waals surface area contributed by atoms with E-state index in [9.17, 15) is 8.42 Å². The molecule has 2 aromatic rings. The number of nitrogens with two attached hydrogens (primary N) is 2. The third-order valence-electron chi connectivity index (χ3n) is 1.69. The number of hydrogen-bond donors (Lipinski definition) is 2. The Labute approximate surface area is 128 Å². The van der Waals surface area contributed by atoms with Crippen molar-refractivity contribution in [2.24, 2.45) is 5.14 Å². The number of rotatable bonds is 1. The third kappa shape index (κ3) is 6.67. The third-order valence-corrected chi connectivity index (χ3v) is 2.62. The summed E-state index contributed by atoms with van der Waals surface area (Å²) >= 11 is 0. The fraction of sp³-hybridized carbons (Fsp3) is 0. The summed E-state index contributed by atoms with van der Waals surface area (Å²) in [5, 5.41) is 4.84. The molecule has 8 heteroatoms. The molecule has 0 saturated heterocycles. The van der Waals surface area contributed by atoms with Crippen molar-refractivity contribution in [1.82, 2.24) is 9.97 Å². The molecular weight excluding hydrogens is 263 g/mol. The van der Waals surface area contributed by atoms with Crippen molar-refractivity contribution in [3.05, 3.63) is 49.1 Å². The van der Waals surface area contributed by atoms with Crippen LogP contribution in [0.15, 0.2) is 53.9 Å². The second-order valence-electron chi connectivity index (χ2n) is 3.02. The Kier molecular flexibility index (Phi) is 7.72. The van der Waals surface area contributed by atoms with E-state index in [-0.39, 0.29) is 34.5 Å². The van der Waals surface area contributed by atoms with Crippen molar-refractivity contribution < 1.29 is 8.42 Å². The number of sulfonamides is 1. The smallest absolute Gasteiger partial charge is 0.238 e. The molecule has 91 valence electrons. The van der Waals surface area contributed by atoms with E-state index in [1.54, 1.807) is 18.5 Å². The largest absolute Gasteiger partial charge is 0.399 e. The number of nitrogens with zero attached hydrogens (tertiary/aromatic N) is 2. The van der Waals surface area contributed by atoms with E-state index in [4.69, 9.17) is 10.9 Å². The summed E-state index contributed by atoms with van der Waals surface area (Å²) in [7, 11) is -3.58. The van der Waals surface area contributed by atoms with Crippen LogP contribution < -0.4 is 10.9 Å². The predicted molar refractivity (Wildman–Crippen MR) is 70.0 cm³/mol. The van der Waals surface area contributed by atoms with Crippen molar-refractivity contribution >= 4 is 45.3 Å². The average Bonchev–Trinajstić information content (AvgIpc) is 2.31. The minimum Gasteiger partial charge on any atom is -0.399 e. The average molecular weight is 275 g/mol. The molecule has 0 aliphatic rings. The van der Waals surface area contributed by atoms with E-state index in [1.807, 2.05) is 0 Å². The normalized spacial score (nSPS) is 9.61. The van der Waals surface area contributed by atoms with Gasteiger partial charge < -0.3 is 5.73 Å². The summed E-state index contributed by atoms with van der Waals surface area (Å²) in [4.78, 5) is 7.42. The van der Waals surface area contributed by atoms with Crippen LogP contribution in [0.3, 0.4) is 0 Å². The van der Waals surface area contributed by atoms with Gasteiger partial charge in [0.2, 0.25) is 10.0 Å². The van der Waals surface area contributed by atoms with Gasteiger partial charge in [0.15, 0.2) is 0 Å². The first-order chi connectivity index (χ1) is 8.00. The predicted octanol–water partition coefficient (Wildman–Crippen LogP) is 0.0120. The molecule has 2 rings (SSSR count). The fourth-order valence-corrected chi connectivity index (χ4v) is 1.43. The summed E-state index contributed by atoms with van der Waals surface area (Å²) in [5.74, 6) is 0. The molecule has 0 atom stereocenters. The maximum atomic E-state index is 10.7. The standard InChI is InChI=1S/C6H8N2O2S.C4H4N2.Na/c7-5-1-3-6(4-2-5)11(8,9)10;1-2-5-4-6-3-1;/h1-4H,7H2,(H2,8,9,10);1-4H;. The van der Waals surface area contributed by atoms with Crippen LogP contribution in [0.1, 0.15) is 0 Å². The van der Waals surface area contributed by atoms with Crippen LogP contribution in [-0.4, -0.2) is 47.9 Å². The monoisotopic (exact) mass is 275 g/mol. The zero-order chi connectivity index (χ0) is 12.7. The molecule has 1 heterocycles. The van der Waals surface area contributed by atoms with Crippen LogP contribution >= 0.6 is 0 Å². The Morgan fingerprint density at radius 2 is 1.50 bits per heavy atom. The molecule has 0 unspecified atom stereocenters. The minimum absolute atomic E-state index is 0. The molecule has 0 saturated carbocycles. The van der Waals surface area contributed by atoms with Crippen molar-refractivity contribution in [3.8, 4) is 0 Å². The Morgan fingerprint density at radius 1 is 1.00 bits per heavy atom. The second-order valence-corrected chi connectivity index (χ2v) is 4.58. The maximum absolute atomic E-state index is 10.7. The SMILES string of the molecule is Nc1ccc(S(N)(=O)=O)cc1.[Na].c1cncnc1. The molecule has 18 heavy (non-hydrogen) atoms. The summed E-state index contributed by atoms with van der Waals surface area (Å²) < 4.78 is 21.4. The summed E-state index contributed by atoms with van der Waals surface area (Å²) in [5.41, 5.74) is 5.85. The van der Waals surface area contributed by atoms with Crippen molar-refractivity contribution in [1.29, 1.82) is 0 Å². The molecule has 0 bridgehead atoms. The number of hydrogen-bond acceptors (Lipinski definition) is 5. The van der Waals surface area contributed by atoms with E-state index in [2.05, 4.69) is 9.97 Å². The molecule has 0 spiro atoms. The quantitative estimate of drug-likeness (QED) is 0.562. The molecule has 0 aliphatic carbocycles. The first kappa shape index (κ1) is 17.0. The Bertz CT molecular complexity index is 519. The first-order valence-corrected chi connectivity index (χ1v) is 6.13. The van der Waals surface area contributed by atoms with Gasteiger partial charge in [0, 0.05) is 47.6 Å². The molecule has 1 aromatic heterocycles.